The number of halogens is 3. The van der Waals surface area contributed by atoms with Crippen molar-refractivity contribution in [2.24, 2.45) is 0 Å². The van der Waals surface area contributed by atoms with Crippen molar-refractivity contribution >= 4 is 11.8 Å². The molecule has 0 N–H and O–H groups in total. The van der Waals surface area contributed by atoms with Crippen molar-refractivity contribution < 1.29 is 27.2 Å². The third-order valence-electron chi connectivity index (χ3n) is 4.74. The average Bonchev–Trinajstić information content (AvgIpc) is 3.21. The van der Waals surface area contributed by atoms with Gasteiger partial charge in [-0.1, -0.05) is 0 Å². The highest BCUT2D eigenvalue weighted by atomic mass is 19.4. The van der Waals surface area contributed by atoms with E-state index in [4.69, 9.17) is 4.42 Å². The summed E-state index contributed by atoms with van der Waals surface area (Å²) in [5, 5.41) is 7.76. The van der Waals surface area contributed by atoms with Crippen LogP contribution in [0.1, 0.15) is 43.4 Å². The Balaban J connectivity index is 1.61. The molecule has 0 radical (unpaired) electrons. The van der Waals surface area contributed by atoms with Crippen LogP contribution in [0.4, 0.5) is 13.2 Å². The van der Waals surface area contributed by atoms with E-state index in [1.807, 2.05) is 0 Å². The van der Waals surface area contributed by atoms with Gasteiger partial charge in [0.15, 0.2) is 0 Å². The van der Waals surface area contributed by atoms with Gasteiger partial charge in [-0.15, -0.1) is 10.2 Å². The lowest BCUT2D eigenvalue weighted by Gasteiger charge is -2.34. The summed E-state index contributed by atoms with van der Waals surface area (Å²) in [5.41, 5.74) is 0. The van der Waals surface area contributed by atoms with E-state index < -0.39 is 24.0 Å². The lowest BCUT2D eigenvalue weighted by molar-refractivity contribution is -0.187. The van der Waals surface area contributed by atoms with Gasteiger partial charge in [0.1, 0.15) is 6.04 Å². The molecular formula is C15H19F3N4O3. The molecule has 2 saturated heterocycles. The minimum Gasteiger partial charge on any atom is -0.425 e. The van der Waals surface area contributed by atoms with Gasteiger partial charge < -0.3 is 14.2 Å². The summed E-state index contributed by atoms with van der Waals surface area (Å²) < 4.78 is 43.4. The third-order valence-corrected chi connectivity index (χ3v) is 4.74. The standard InChI is InChI=1S/C15H19F3N4O3/c1-9-19-20-12(25-9)10-4-7-21(8-5-10)13(23)11-3-2-6-22(11)14(24)15(16,17)18/h10-11H,2-8H2,1H3. The molecule has 7 nitrogen and oxygen atoms in total. The fraction of sp³-hybridized carbons (Fsp3) is 0.733. The molecule has 1 aromatic heterocycles. The van der Waals surface area contributed by atoms with Gasteiger partial charge >= 0.3 is 12.1 Å². The van der Waals surface area contributed by atoms with Crippen LogP contribution < -0.4 is 0 Å². The molecular weight excluding hydrogens is 341 g/mol. The van der Waals surface area contributed by atoms with Crippen molar-refractivity contribution in [1.82, 2.24) is 20.0 Å². The number of carbonyl (C=O) groups excluding carboxylic acids is 2. The van der Waals surface area contributed by atoms with Gasteiger partial charge in [0.05, 0.1) is 0 Å². The molecule has 25 heavy (non-hydrogen) atoms. The van der Waals surface area contributed by atoms with Crippen LogP contribution in [0.5, 0.6) is 0 Å². The highest BCUT2D eigenvalue weighted by Crippen LogP contribution is 2.30. The van der Waals surface area contributed by atoms with Gasteiger partial charge in [-0.3, -0.25) is 9.59 Å². The monoisotopic (exact) mass is 360 g/mol. The average molecular weight is 360 g/mol. The van der Waals surface area contributed by atoms with Gasteiger partial charge in [-0.25, -0.2) is 0 Å². The summed E-state index contributed by atoms with van der Waals surface area (Å²) in [6, 6.07) is -1.02. The lowest BCUT2D eigenvalue weighted by Crippen LogP contribution is -2.52. The van der Waals surface area contributed by atoms with E-state index in [9.17, 15) is 22.8 Å². The molecule has 138 valence electrons. The largest absolute Gasteiger partial charge is 0.471 e. The number of hydrogen-bond acceptors (Lipinski definition) is 5. The normalized spacial score (nSPS) is 22.5. The molecule has 2 amide bonds. The zero-order valence-electron chi connectivity index (χ0n) is 13.8. The first-order valence-electron chi connectivity index (χ1n) is 8.24. The van der Waals surface area contributed by atoms with Crippen LogP contribution in [0, 0.1) is 6.92 Å². The van der Waals surface area contributed by atoms with Crippen molar-refractivity contribution in [3.63, 3.8) is 0 Å². The second-order valence-electron chi connectivity index (χ2n) is 6.41. The smallest absolute Gasteiger partial charge is 0.425 e. The molecule has 0 aromatic carbocycles. The van der Waals surface area contributed by atoms with Crippen LogP contribution in [-0.2, 0) is 9.59 Å². The maximum Gasteiger partial charge on any atom is 0.471 e. The molecule has 2 aliphatic rings. The quantitative estimate of drug-likeness (QED) is 0.801. The second kappa shape index (κ2) is 6.64. The van der Waals surface area contributed by atoms with E-state index in [1.54, 1.807) is 6.92 Å². The number of likely N-dealkylation sites (tertiary alicyclic amines) is 2. The maximum absolute atomic E-state index is 12.7. The summed E-state index contributed by atoms with van der Waals surface area (Å²) in [6.45, 7) is 2.46. The number of hydrogen-bond donors (Lipinski definition) is 0. The van der Waals surface area contributed by atoms with E-state index in [0.29, 0.717) is 49.0 Å². The van der Waals surface area contributed by atoms with E-state index in [1.165, 1.54) is 4.90 Å². The summed E-state index contributed by atoms with van der Waals surface area (Å²) in [6.07, 6.45) is -3.08. The molecule has 0 saturated carbocycles. The number of carbonyl (C=O) groups is 2. The highest BCUT2D eigenvalue weighted by molar-refractivity contribution is 5.90. The SMILES string of the molecule is Cc1nnc(C2CCN(C(=O)C3CCCN3C(=O)C(F)(F)F)CC2)o1. The summed E-state index contributed by atoms with van der Waals surface area (Å²) in [5.74, 6) is -1.29. The number of amides is 2. The highest BCUT2D eigenvalue weighted by Gasteiger charge is 2.48. The van der Waals surface area contributed by atoms with Crippen LogP contribution in [0.25, 0.3) is 0 Å². The number of nitrogens with zero attached hydrogens (tertiary/aromatic N) is 4. The van der Waals surface area contributed by atoms with E-state index in [-0.39, 0.29) is 18.9 Å². The van der Waals surface area contributed by atoms with Crippen LogP contribution in [-0.4, -0.2) is 63.7 Å². The topological polar surface area (TPSA) is 79.5 Å². The Labute approximate surface area is 142 Å². The zero-order valence-corrected chi connectivity index (χ0v) is 13.8. The number of rotatable bonds is 2. The van der Waals surface area contributed by atoms with E-state index in [0.717, 1.165) is 0 Å². The Hall–Kier alpha value is -2.13. The van der Waals surface area contributed by atoms with Gasteiger partial charge in [-0.05, 0) is 25.7 Å². The molecule has 3 rings (SSSR count). The fourth-order valence-electron chi connectivity index (χ4n) is 3.46. The second-order valence-corrected chi connectivity index (χ2v) is 6.41. The first-order valence-corrected chi connectivity index (χ1v) is 8.24. The van der Waals surface area contributed by atoms with Crippen molar-refractivity contribution in [2.45, 2.75) is 50.7 Å². The number of alkyl halides is 3. The fourth-order valence-corrected chi connectivity index (χ4v) is 3.46. The number of piperidine rings is 1. The maximum atomic E-state index is 12.7. The summed E-state index contributed by atoms with van der Waals surface area (Å²) in [7, 11) is 0. The predicted octanol–water partition coefficient (Wildman–Crippen LogP) is 1.64. The van der Waals surface area contributed by atoms with E-state index >= 15 is 0 Å². The summed E-state index contributed by atoms with van der Waals surface area (Å²) in [4.78, 5) is 26.3. The number of aromatic nitrogens is 2. The zero-order chi connectivity index (χ0) is 18.2. The molecule has 2 fully saturated rings. The molecule has 1 unspecified atom stereocenters. The van der Waals surface area contributed by atoms with Crippen molar-refractivity contribution in [3.05, 3.63) is 11.8 Å². The van der Waals surface area contributed by atoms with Crippen LogP contribution in [0.2, 0.25) is 0 Å². The first-order chi connectivity index (χ1) is 11.8. The van der Waals surface area contributed by atoms with Crippen LogP contribution in [0.15, 0.2) is 4.42 Å². The summed E-state index contributed by atoms with van der Waals surface area (Å²) >= 11 is 0. The van der Waals surface area contributed by atoms with Crippen LogP contribution in [0.3, 0.4) is 0 Å². The third kappa shape index (κ3) is 3.62. The van der Waals surface area contributed by atoms with Gasteiger partial charge in [0.2, 0.25) is 17.7 Å². The Morgan fingerprint density at radius 1 is 1.12 bits per heavy atom. The Bertz CT molecular complexity index is 653. The molecule has 0 spiro atoms. The van der Waals surface area contributed by atoms with E-state index in [2.05, 4.69) is 10.2 Å². The molecule has 0 bridgehead atoms. The Morgan fingerprint density at radius 3 is 2.36 bits per heavy atom. The predicted molar refractivity (Wildman–Crippen MR) is 78.4 cm³/mol. The molecule has 1 atom stereocenters. The van der Waals surface area contributed by atoms with Crippen molar-refractivity contribution in [3.8, 4) is 0 Å². The first kappa shape index (κ1) is 17.7. The minimum absolute atomic E-state index is 0.0352. The van der Waals surface area contributed by atoms with Crippen LogP contribution >= 0.6 is 0 Å². The van der Waals surface area contributed by atoms with Gasteiger partial charge in [0, 0.05) is 32.5 Å². The Kier molecular flexibility index (Phi) is 4.70. The molecule has 2 aliphatic heterocycles. The van der Waals surface area contributed by atoms with Gasteiger partial charge in [0.25, 0.3) is 0 Å². The molecule has 1 aromatic rings. The van der Waals surface area contributed by atoms with Crippen molar-refractivity contribution in [2.75, 3.05) is 19.6 Å². The molecule has 10 heteroatoms. The Morgan fingerprint density at radius 2 is 1.80 bits per heavy atom. The molecule has 3 heterocycles. The number of aryl methyl sites for hydroxylation is 1. The van der Waals surface area contributed by atoms with Gasteiger partial charge in [-0.2, -0.15) is 13.2 Å². The minimum atomic E-state index is -4.95. The van der Waals surface area contributed by atoms with Crippen molar-refractivity contribution in [1.29, 1.82) is 0 Å². The lowest BCUT2D eigenvalue weighted by atomic mass is 9.96. The molecule has 0 aliphatic carbocycles.